The Bertz CT molecular complexity index is 921. The summed E-state index contributed by atoms with van der Waals surface area (Å²) < 4.78 is 47.6. The lowest BCUT2D eigenvalue weighted by molar-refractivity contribution is -0.173. The number of amides is 1. The molecule has 30 heavy (non-hydrogen) atoms. The molecule has 1 amide bonds. The van der Waals surface area contributed by atoms with Crippen LogP contribution in [-0.2, 0) is 0 Å². The van der Waals surface area contributed by atoms with Crippen LogP contribution >= 0.6 is 0 Å². The highest BCUT2D eigenvalue weighted by molar-refractivity contribution is 5.93. The van der Waals surface area contributed by atoms with Gasteiger partial charge in [0.2, 0.25) is 0 Å². The third kappa shape index (κ3) is 3.96. The minimum absolute atomic E-state index is 0.0302. The van der Waals surface area contributed by atoms with E-state index in [-0.39, 0.29) is 23.8 Å². The van der Waals surface area contributed by atoms with Crippen molar-refractivity contribution in [1.82, 2.24) is 19.6 Å². The number of anilines is 1. The van der Waals surface area contributed by atoms with E-state index in [4.69, 9.17) is 4.74 Å². The molecule has 0 spiro atoms. The van der Waals surface area contributed by atoms with Crippen LogP contribution in [0.2, 0.25) is 0 Å². The van der Waals surface area contributed by atoms with Crippen molar-refractivity contribution in [3.63, 3.8) is 0 Å². The van der Waals surface area contributed by atoms with Crippen LogP contribution in [0, 0.1) is 0 Å². The Balaban J connectivity index is 1.64. The third-order valence-corrected chi connectivity index (χ3v) is 5.70. The molecule has 10 heteroatoms. The first-order valence-electron chi connectivity index (χ1n) is 9.81. The van der Waals surface area contributed by atoms with Crippen LogP contribution in [0.1, 0.15) is 34.6 Å². The Kier molecular flexibility index (Phi) is 5.35. The number of piperazine rings is 1. The summed E-state index contributed by atoms with van der Waals surface area (Å²) in [6.45, 7) is 2.50. The highest BCUT2D eigenvalue weighted by Gasteiger charge is 2.47. The lowest BCUT2D eigenvalue weighted by atomic mass is 9.97. The smallest absolute Gasteiger partial charge is 0.410 e. The fourth-order valence-electron chi connectivity index (χ4n) is 3.93. The van der Waals surface area contributed by atoms with E-state index < -0.39 is 18.3 Å². The zero-order chi connectivity index (χ0) is 21.5. The molecule has 0 saturated carbocycles. The predicted octanol–water partition coefficient (Wildman–Crippen LogP) is 2.94. The molecule has 1 aromatic heterocycles. The van der Waals surface area contributed by atoms with E-state index in [1.807, 2.05) is 7.05 Å². The molecule has 0 aliphatic carbocycles. The summed E-state index contributed by atoms with van der Waals surface area (Å²) in [6.07, 6.45) is -4.72. The van der Waals surface area contributed by atoms with Crippen molar-refractivity contribution >= 4 is 11.7 Å². The molecule has 0 bridgehead atoms. The number of alkyl halides is 3. The van der Waals surface area contributed by atoms with Gasteiger partial charge in [-0.25, -0.2) is 4.68 Å². The lowest BCUT2D eigenvalue weighted by Crippen LogP contribution is -2.47. The molecule has 3 heterocycles. The monoisotopic (exact) mass is 423 g/mol. The molecule has 162 valence electrons. The second-order valence-electron chi connectivity index (χ2n) is 7.72. The first-order valence-corrected chi connectivity index (χ1v) is 9.81. The van der Waals surface area contributed by atoms with E-state index >= 15 is 0 Å². The number of nitrogens with one attached hydrogen (secondary N) is 1. The van der Waals surface area contributed by atoms with Gasteiger partial charge in [-0.05, 0) is 24.7 Å². The maximum absolute atomic E-state index is 13.8. The number of likely N-dealkylation sites (N-methyl/N-ethyl adjacent to an activating group) is 1. The number of ether oxygens (including phenoxy) is 1. The molecule has 0 radical (unpaired) electrons. The van der Waals surface area contributed by atoms with Gasteiger partial charge in [-0.2, -0.15) is 18.3 Å². The molecule has 2 aliphatic heterocycles. The van der Waals surface area contributed by atoms with Crippen LogP contribution < -0.4 is 10.1 Å². The molecule has 7 nitrogen and oxygen atoms in total. The van der Waals surface area contributed by atoms with E-state index in [1.165, 1.54) is 13.2 Å². The topological polar surface area (TPSA) is 62.6 Å². The molecule has 0 unspecified atom stereocenters. The van der Waals surface area contributed by atoms with E-state index in [9.17, 15) is 18.0 Å². The van der Waals surface area contributed by atoms with Gasteiger partial charge in [0.05, 0.1) is 13.2 Å². The van der Waals surface area contributed by atoms with Gasteiger partial charge in [0.25, 0.3) is 5.91 Å². The number of rotatable bonds is 3. The molecule has 2 aromatic rings. The molecule has 4 rings (SSSR count). The summed E-state index contributed by atoms with van der Waals surface area (Å²) in [5, 5.41) is 7.18. The highest BCUT2D eigenvalue weighted by atomic mass is 19.4. The van der Waals surface area contributed by atoms with Gasteiger partial charge in [-0.1, -0.05) is 12.1 Å². The Labute approximate surface area is 172 Å². The second-order valence-corrected chi connectivity index (χ2v) is 7.72. The van der Waals surface area contributed by atoms with E-state index in [0.29, 0.717) is 24.4 Å². The number of halogens is 3. The zero-order valence-corrected chi connectivity index (χ0v) is 16.8. The van der Waals surface area contributed by atoms with Gasteiger partial charge in [0.1, 0.15) is 11.6 Å². The molecule has 1 fully saturated rings. The van der Waals surface area contributed by atoms with E-state index in [0.717, 1.165) is 17.8 Å². The summed E-state index contributed by atoms with van der Waals surface area (Å²) >= 11 is 0. The summed E-state index contributed by atoms with van der Waals surface area (Å²) in [5.74, 6) is 0.419. The largest absolute Gasteiger partial charge is 0.497 e. The minimum Gasteiger partial charge on any atom is -0.497 e. The summed E-state index contributed by atoms with van der Waals surface area (Å²) in [4.78, 5) is 16.6. The Hall–Kier alpha value is -2.75. The maximum Gasteiger partial charge on any atom is 0.410 e. The Morgan fingerprint density at radius 1 is 1.20 bits per heavy atom. The number of hydrogen-bond donors (Lipinski definition) is 1. The number of carbonyl (C=O) groups is 1. The van der Waals surface area contributed by atoms with Gasteiger partial charge in [-0.15, -0.1) is 0 Å². The Morgan fingerprint density at radius 2 is 1.93 bits per heavy atom. The highest BCUT2D eigenvalue weighted by Crippen LogP contribution is 2.44. The van der Waals surface area contributed by atoms with Gasteiger partial charge >= 0.3 is 6.18 Å². The fraction of sp³-hybridized carbons (Fsp3) is 0.500. The molecule has 1 aromatic carbocycles. The van der Waals surface area contributed by atoms with Crippen molar-refractivity contribution in [3.8, 4) is 5.75 Å². The molecule has 2 aliphatic rings. The van der Waals surface area contributed by atoms with Crippen LogP contribution in [0.5, 0.6) is 5.75 Å². The fourth-order valence-corrected chi connectivity index (χ4v) is 3.93. The average Bonchev–Trinajstić information content (AvgIpc) is 3.16. The average molecular weight is 423 g/mol. The summed E-state index contributed by atoms with van der Waals surface area (Å²) in [5.41, 5.74) is 0.714. The number of carbonyl (C=O) groups excluding carboxylic acids is 1. The van der Waals surface area contributed by atoms with Crippen molar-refractivity contribution in [2.45, 2.75) is 24.7 Å². The maximum atomic E-state index is 13.8. The summed E-state index contributed by atoms with van der Waals surface area (Å²) in [7, 11) is 3.48. The van der Waals surface area contributed by atoms with Gasteiger partial charge in [-0.3, -0.25) is 4.79 Å². The third-order valence-electron chi connectivity index (χ3n) is 5.70. The molecular weight excluding hydrogens is 399 g/mol. The van der Waals surface area contributed by atoms with Gasteiger partial charge in [0.15, 0.2) is 11.7 Å². The molecule has 2 atom stereocenters. The molecule has 1 N–H and O–H groups in total. The van der Waals surface area contributed by atoms with Crippen molar-refractivity contribution in [2.24, 2.45) is 0 Å². The number of fused-ring (bicyclic) bond motifs is 1. The second kappa shape index (κ2) is 7.82. The minimum atomic E-state index is -4.49. The normalized spacial score (nSPS) is 22.4. The number of aromatic nitrogens is 2. The van der Waals surface area contributed by atoms with Crippen molar-refractivity contribution in [3.05, 3.63) is 41.6 Å². The SMILES string of the molecule is COc1cccc([C@H]2C[C@@H](C(F)(F)F)n3nc(C(=O)N4CCN(C)CC4)cc3N2)c1. The lowest BCUT2D eigenvalue weighted by Gasteiger charge is -2.33. The predicted molar refractivity (Wildman–Crippen MR) is 105 cm³/mol. The first-order chi connectivity index (χ1) is 14.3. The van der Waals surface area contributed by atoms with Crippen molar-refractivity contribution < 1.29 is 22.7 Å². The number of benzene rings is 1. The van der Waals surface area contributed by atoms with E-state index in [2.05, 4.69) is 15.3 Å². The number of hydrogen-bond acceptors (Lipinski definition) is 5. The van der Waals surface area contributed by atoms with Crippen LogP contribution in [0.4, 0.5) is 19.0 Å². The molecule has 1 saturated heterocycles. The molecular formula is C20H24F3N5O2. The van der Waals surface area contributed by atoms with Crippen molar-refractivity contribution in [1.29, 1.82) is 0 Å². The van der Waals surface area contributed by atoms with Crippen LogP contribution in [0.25, 0.3) is 0 Å². The van der Waals surface area contributed by atoms with Crippen LogP contribution in [0.15, 0.2) is 30.3 Å². The Morgan fingerprint density at radius 3 is 2.60 bits per heavy atom. The van der Waals surface area contributed by atoms with Gasteiger partial charge < -0.3 is 19.9 Å². The quantitative estimate of drug-likeness (QED) is 0.823. The van der Waals surface area contributed by atoms with Crippen LogP contribution in [0.3, 0.4) is 0 Å². The zero-order valence-electron chi connectivity index (χ0n) is 16.8. The first kappa shape index (κ1) is 20.5. The van der Waals surface area contributed by atoms with Crippen molar-refractivity contribution in [2.75, 3.05) is 45.7 Å². The summed E-state index contributed by atoms with van der Waals surface area (Å²) in [6, 6.07) is 5.98. The number of methoxy groups -OCH3 is 1. The number of nitrogens with zero attached hydrogens (tertiary/aromatic N) is 4. The van der Waals surface area contributed by atoms with Crippen LogP contribution in [-0.4, -0.2) is 72.0 Å². The van der Waals surface area contributed by atoms with Gasteiger partial charge in [0, 0.05) is 38.7 Å². The standard InChI is InChI=1S/C20H24F3N5O2/c1-26-6-8-27(9-7-26)19(29)16-12-18-24-15(13-4-3-5-14(10-13)30-2)11-17(20(21,22)23)28(18)25-16/h3-5,10,12,15,17,24H,6-9,11H2,1-2H3/t15-,17+/m1/s1. The van der Waals surface area contributed by atoms with E-state index in [1.54, 1.807) is 29.2 Å².